The highest BCUT2D eigenvalue weighted by atomic mass is 19.4. The summed E-state index contributed by atoms with van der Waals surface area (Å²) in [7, 11) is 0. The molecule has 3 rings (SSSR count). The number of aryl methyl sites for hydroxylation is 2. The first kappa shape index (κ1) is 21.4. The van der Waals surface area contributed by atoms with Gasteiger partial charge in [-0.1, -0.05) is 29.8 Å². The number of Topliss-reactive ketones (excluding diaryl/α,β-unsaturated/α-hetero) is 1. The maximum absolute atomic E-state index is 12.9. The average Bonchev–Trinajstić information content (AvgIpc) is 2.62. The van der Waals surface area contributed by atoms with Crippen LogP contribution in [0.1, 0.15) is 54.4 Å². The van der Waals surface area contributed by atoms with Crippen LogP contribution in [0.5, 0.6) is 5.75 Å². The highest BCUT2D eigenvalue weighted by Crippen LogP contribution is 2.35. The number of hydrogen-bond acceptors (Lipinski definition) is 2. The van der Waals surface area contributed by atoms with E-state index in [0.717, 1.165) is 42.9 Å². The normalized spacial score (nSPS) is 19.8. The molecule has 0 N–H and O–H groups in total. The van der Waals surface area contributed by atoms with Crippen LogP contribution in [0, 0.1) is 19.8 Å². The first-order valence-electron chi connectivity index (χ1n) is 10.1. The maximum Gasteiger partial charge on any atom is 0.416 e. The fraction of sp³-hybridized carbons (Fsp3) is 0.458. The van der Waals surface area contributed by atoms with E-state index in [0.29, 0.717) is 24.5 Å². The Kier molecular flexibility index (Phi) is 6.66. The molecule has 0 aromatic heterocycles. The van der Waals surface area contributed by atoms with Gasteiger partial charge in [-0.2, -0.15) is 13.2 Å². The molecule has 2 nitrogen and oxygen atoms in total. The molecule has 0 atom stereocenters. The van der Waals surface area contributed by atoms with Gasteiger partial charge in [0, 0.05) is 12.8 Å². The number of alkyl halides is 3. The number of benzene rings is 2. The van der Waals surface area contributed by atoms with Crippen LogP contribution in [0.4, 0.5) is 13.2 Å². The zero-order chi connectivity index (χ0) is 21.0. The average molecular weight is 404 g/mol. The molecule has 1 aliphatic carbocycles. The van der Waals surface area contributed by atoms with Gasteiger partial charge in [0.25, 0.3) is 0 Å². The number of hydrogen-bond donors (Lipinski definition) is 0. The molecule has 0 bridgehead atoms. The fourth-order valence-electron chi connectivity index (χ4n) is 4.12. The molecule has 1 saturated carbocycles. The summed E-state index contributed by atoms with van der Waals surface area (Å²) in [5, 5.41) is 0. The van der Waals surface area contributed by atoms with Gasteiger partial charge in [0.2, 0.25) is 0 Å². The molecule has 156 valence electrons. The Morgan fingerprint density at radius 3 is 2.38 bits per heavy atom. The highest BCUT2D eigenvalue weighted by molar-refractivity contribution is 5.81. The summed E-state index contributed by atoms with van der Waals surface area (Å²) >= 11 is 0. The van der Waals surface area contributed by atoms with Gasteiger partial charge >= 0.3 is 6.18 Å². The van der Waals surface area contributed by atoms with E-state index in [2.05, 4.69) is 6.07 Å². The van der Waals surface area contributed by atoms with Crippen LogP contribution in [0.15, 0.2) is 42.5 Å². The van der Waals surface area contributed by atoms with Crippen LogP contribution in [-0.4, -0.2) is 11.9 Å². The van der Waals surface area contributed by atoms with Crippen LogP contribution >= 0.6 is 0 Å². The lowest BCUT2D eigenvalue weighted by Crippen LogP contribution is -2.25. The van der Waals surface area contributed by atoms with Gasteiger partial charge in [-0.3, -0.25) is 4.79 Å². The Morgan fingerprint density at radius 2 is 1.76 bits per heavy atom. The van der Waals surface area contributed by atoms with Gasteiger partial charge in [0.1, 0.15) is 11.5 Å². The molecule has 29 heavy (non-hydrogen) atoms. The van der Waals surface area contributed by atoms with Crippen molar-refractivity contribution in [3.05, 3.63) is 64.7 Å². The monoisotopic (exact) mass is 404 g/mol. The molecular formula is C24H27F3O2. The summed E-state index contributed by atoms with van der Waals surface area (Å²) in [6, 6.07) is 12.0. The minimum atomic E-state index is -4.34. The van der Waals surface area contributed by atoms with E-state index >= 15 is 0 Å². The van der Waals surface area contributed by atoms with Crippen molar-refractivity contribution in [3.63, 3.8) is 0 Å². The first-order valence-corrected chi connectivity index (χ1v) is 10.1. The lowest BCUT2D eigenvalue weighted by molar-refractivity contribution is -0.138. The van der Waals surface area contributed by atoms with Crippen molar-refractivity contribution in [1.29, 1.82) is 0 Å². The van der Waals surface area contributed by atoms with Crippen LogP contribution in [0.2, 0.25) is 0 Å². The van der Waals surface area contributed by atoms with Crippen LogP contribution in [0.3, 0.4) is 0 Å². The number of halogens is 3. The predicted octanol–water partition coefficient (Wildman–Crippen LogP) is 6.46. The Hall–Kier alpha value is -2.30. The maximum atomic E-state index is 12.9. The lowest BCUT2D eigenvalue weighted by Gasteiger charge is -2.29. The molecule has 2 aromatic carbocycles. The zero-order valence-corrected chi connectivity index (χ0v) is 16.9. The van der Waals surface area contributed by atoms with Crippen molar-refractivity contribution in [3.8, 4) is 5.75 Å². The molecule has 5 heteroatoms. The molecular weight excluding hydrogens is 377 g/mol. The molecule has 0 heterocycles. The molecule has 0 amide bonds. The Balaban J connectivity index is 1.47. The van der Waals surface area contributed by atoms with Gasteiger partial charge in [-0.05, 0) is 74.8 Å². The second-order valence-corrected chi connectivity index (χ2v) is 8.14. The summed E-state index contributed by atoms with van der Waals surface area (Å²) in [6.45, 7) is 3.47. The third-order valence-electron chi connectivity index (χ3n) is 5.60. The number of ketones is 1. The van der Waals surface area contributed by atoms with E-state index in [-0.39, 0.29) is 17.5 Å². The topological polar surface area (TPSA) is 26.3 Å². The number of rotatable bonds is 6. The van der Waals surface area contributed by atoms with Crippen molar-refractivity contribution >= 4 is 5.78 Å². The molecule has 0 unspecified atom stereocenters. The van der Waals surface area contributed by atoms with Crippen molar-refractivity contribution in [1.82, 2.24) is 0 Å². The summed E-state index contributed by atoms with van der Waals surface area (Å²) in [4.78, 5) is 12.4. The SMILES string of the molecule is Cc1cccc(CC(=O)CC2CCC(Oc3ccc(C(F)(F)F)c(C)c3)CC2)c1. The van der Waals surface area contributed by atoms with Gasteiger partial charge in [-0.15, -0.1) is 0 Å². The van der Waals surface area contributed by atoms with Crippen molar-refractivity contribution < 1.29 is 22.7 Å². The Labute approximate surface area is 170 Å². The highest BCUT2D eigenvalue weighted by Gasteiger charge is 2.32. The molecule has 2 aromatic rings. The minimum absolute atomic E-state index is 0.00531. The minimum Gasteiger partial charge on any atom is -0.490 e. The van der Waals surface area contributed by atoms with Gasteiger partial charge in [0.15, 0.2) is 0 Å². The van der Waals surface area contributed by atoms with Gasteiger partial charge in [0.05, 0.1) is 11.7 Å². The Morgan fingerprint density at radius 1 is 1.03 bits per heavy atom. The summed E-state index contributed by atoms with van der Waals surface area (Å²) < 4.78 is 44.5. The second kappa shape index (κ2) is 9.02. The number of ether oxygens (including phenoxy) is 1. The van der Waals surface area contributed by atoms with Crippen LogP contribution in [0.25, 0.3) is 0 Å². The zero-order valence-electron chi connectivity index (χ0n) is 16.9. The number of carbonyl (C=O) groups excluding carboxylic acids is 1. The smallest absolute Gasteiger partial charge is 0.416 e. The van der Waals surface area contributed by atoms with E-state index in [1.54, 1.807) is 0 Å². The fourth-order valence-corrected chi connectivity index (χ4v) is 4.12. The third kappa shape index (κ3) is 6.09. The summed E-state index contributed by atoms with van der Waals surface area (Å²) in [6.07, 6.45) is 0.169. The van der Waals surface area contributed by atoms with Gasteiger partial charge in [-0.25, -0.2) is 0 Å². The first-order chi connectivity index (χ1) is 13.7. The molecule has 0 radical (unpaired) electrons. The van der Waals surface area contributed by atoms with Crippen LogP contribution in [-0.2, 0) is 17.4 Å². The van der Waals surface area contributed by atoms with E-state index in [1.807, 2.05) is 25.1 Å². The summed E-state index contributed by atoms with van der Waals surface area (Å²) in [5.74, 6) is 1.11. The van der Waals surface area contributed by atoms with E-state index in [9.17, 15) is 18.0 Å². The van der Waals surface area contributed by atoms with Crippen molar-refractivity contribution in [2.75, 3.05) is 0 Å². The molecule has 0 aliphatic heterocycles. The standard InChI is InChI=1S/C24H27F3O2/c1-16-4-3-5-19(12-16)15-20(28)14-18-6-8-21(9-7-18)29-22-10-11-23(17(2)13-22)24(25,26)27/h3-5,10-13,18,21H,6-9,14-15H2,1-2H3. The lowest BCUT2D eigenvalue weighted by atomic mass is 9.83. The summed E-state index contributed by atoms with van der Waals surface area (Å²) in [5.41, 5.74) is 1.77. The molecule has 0 spiro atoms. The second-order valence-electron chi connectivity index (χ2n) is 8.14. The van der Waals surface area contributed by atoms with Crippen LogP contribution < -0.4 is 4.74 Å². The number of carbonyl (C=O) groups is 1. The van der Waals surface area contributed by atoms with E-state index in [4.69, 9.17) is 4.74 Å². The van der Waals surface area contributed by atoms with Gasteiger partial charge < -0.3 is 4.74 Å². The quantitative estimate of drug-likeness (QED) is 0.552. The molecule has 0 saturated heterocycles. The third-order valence-corrected chi connectivity index (χ3v) is 5.60. The van der Waals surface area contributed by atoms with E-state index < -0.39 is 11.7 Å². The van der Waals surface area contributed by atoms with Crippen molar-refractivity contribution in [2.24, 2.45) is 5.92 Å². The Bertz CT molecular complexity index is 849. The largest absolute Gasteiger partial charge is 0.490 e. The molecule has 1 aliphatic rings. The van der Waals surface area contributed by atoms with E-state index in [1.165, 1.54) is 19.1 Å². The van der Waals surface area contributed by atoms with Crippen molar-refractivity contribution in [2.45, 2.75) is 64.7 Å². The molecule has 1 fully saturated rings. The predicted molar refractivity (Wildman–Crippen MR) is 107 cm³/mol.